The number of allylic oxidation sites excluding steroid dienone is 1. The fraction of sp³-hybridized carbons (Fsp3) is 0.467. The predicted molar refractivity (Wildman–Crippen MR) is 76.7 cm³/mol. The van der Waals surface area contributed by atoms with E-state index in [0.29, 0.717) is 17.4 Å². The van der Waals surface area contributed by atoms with E-state index < -0.39 is 0 Å². The molecule has 1 fully saturated rings. The standard InChI is InChI=1S/C15H17Cl2F/c16-10-13(11-5-2-1-3-6-11)9-12-7-4-8-14(17)15(12)18/h4,7-9,11H,1-3,5-6,10H2/b13-9-. The molecule has 0 aromatic heterocycles. The Hall–Kier alpha value is -0.530. The second kappa shape index (κ2) is 6.58. The fourth-order valence-corrected chi connectivity index (χ4v) is 3.05. The number of alkyl halides is 1. The van der Waals surface area contributed by atoms with Gasteiger partial charge in [0.05, 0.1) is 5.02 Å². The Morgan fingerprint density at radius 3 is 2.67 bits per heavy atom. The van der Waals surface area contributed by atoms with Crippen LogP contribution in [0.3, 0.4) is 0 Å². The summed E-state index contributed by atoms with van der Waals surface area (Å²) >= 11 is 11.8. The van der Waals surface area contributed by atoms with Crippen LogP contribution in [-0.2, 0) is 0 Å². The van der Waals surface area contributed by atoms with Gasteiger partial charge in [0, 0.05) is 11.4 Å². The van der Waals surface area contributed by atoms with E-state index in [1.807, 2.05) is 6.08 Å². The smallest absolute Gasteiger partial charge is 0.148 e. The van der Waals surface area contributed by atoms with Crippen LogP contribution in [0.25, 0.3) is 6.08 Å². The van der Waals surface area contributed by atoms with Gasteiger partial charge in [-0.1, -0.05) is 54.6 Å². The summed E-state index contributed by atoms with van der Waals surface area (Å²) in [4.78, 5) is 0. The van der Waals surface area contributed by atoms with Crippen LogP contribution in [0.2, 0.25) is 5.02 Å². The minimum absolute atomic E-state index is 0.168. The zero-order chi connectivity index (χ0) is 13.0. The fourth-order valence-electron chi connectivity index (χ4n) is 2.57. The average Bonchev–Trinajstić information content (AvgIpc) is 2.41. The molecular formula is C15H17Cl2F. The van der Waals surface area contributed by atoms with Gasteiger partial charge in [-0.2, -0.15) is 0 Å². The molecule has 0 bridgehead atoms. The van der Waals surface area contributed by atoms with Gasteiger partial charge >= 0.3 is 0 Å². The lowest BCUT2D eigenvalue weighted by Gasteiger charge is -2.23. The third-order valence-corrected chi connectivity index (χ3v) is 4.21. The molecule has 0 spiro atoms. The van der Waals surface area contributed by atoms with Crippen molar-refractivity contribution in [2.24, 2.45) is 5.92 Å². The van der Waals surface area contributed by atoms with E-state index in [1.165, 1.54) is 32.1 Å². The number of benzene rings is 1. The highest BCUT2D eigenvalue weighted by Crippen LogP contribution is 2.32. The van der Waals surface area contributed by atoms with Crippen LogP contribution in [0.15, 0.2) is 23.8 Å². The van der Waals surface area contributed by atoms with Gasteiger partial charge in [-0.15, -0.1) is 11.6 Å². The third kappa shape index (κ3) is 3.27. The number of hydrogen-bond donors (Lipinski definition) is 0. The lowest BCUT2D eigenvalue weighted by Crippen LogP contribution is -2.10. The molecule has 0 unspecified atom stereocenters. The van der Waals surface area contributed by atoms with Crippen LogP contribution >= 0.6 is 23.2 Å². The van der Waals surface area contributed by atoms with Crippen LogP contribution in [-0.4, -0.2) is 5.88 Å². The van der Waals surface area contributed by atoms with Gasteiger partial charge in [0.1, 0.15) is 5.82 Å². The van der Waals surface area contributed by atoms with Gasteiger partial charge in [0.15, 0.2) is 0 Å². The average molecular weight is 287 g/mol. The Labute approximate surface area is 118 Å². The SMILES string of the molecule is Fc1c(Cl)cccc1/C=C(/CCl)C1CCCCC1. The molecule has 0 nitrogen and oxygen atoms in total. The van der Waals surface area contributed by atoms with Crippen molar-refractivity contribution in [1.29, 1.82) is 0 Å². The Bertz CT molecular complexity index is 434. The second-order valence-corrected chi connectivity index (χ2v) is 5.51. The number of rotatable bonds is 3. The largest absolute Gasteiger partial charge is 0.205 e. The van der Waals surface area contributed by atoms with Gasteiger partial charge in [-0.25, -0.2) is 4.39 Å². The molecule has 0 atom stereocenters. The first-order valence-electron chi connectivity index (χ1n) is 6.43. The van der Waals surface area contributed by atoms with E-state index in [0.717, 1.165) is 5.57 Å². The normalized spacial score (nSPS) is 18.1. The molecule has 1 aliphatic rings. The topological polar surface area (TPSA) is 0 Å². The third-order valence-electron chi connectivity index (χ3n) is 3.61. The van der Waals surface area contributed by atoms with Crippen LogP contribution in [0.4, 0.5) is 4.39 Å². The Kier molecular flexibility index (Phi) is 5.08. The number of halogens is 3. The quantitative estimate of drug-likeness (QED) is 0.627. The first kappa shape index (κ1) is 13.9. The molecular weight excluding hydrogens is 270 g/mol. The second-order valence-electron chi connectivity index (χ2n) is 4.83. The van der Waals surface area contributed by atoms with Gasteiger partial charge < -0.3 is 0 Å². The van der Waals surface area contributed by atoms with Gasteiger partial charge in [-0.05, 0) is 24.8 Å². The molecule has 3 heteroatoms. The van der Waals surface area contributed by atoms with Gasteiger partial charge in [-0.3, -0.25) is 0 Å². The van der Waals surface area contributed by atoms with Crippen molar-refractivity contribution in [1.82, 2.24) is 0 Å². The molecule has 1 aliphatic carbocycles. The molecule has 0 amide bonds. The van der Waals surface area contributed by atoms with Crippen LogP contribution < -0.4 is 0 Å². The molecule has 2 rings (SSSR count). The highest BCUT2D eigenvalue weighted by atomic mass is 35.5. The van der Waals surface area contributed by atoms with E-state index in [1.54, 1.807) is 18.2 Å². The molecule has 1 aromatic rings. The maximum Gasteiger partial charge on any atom is 0.148 e. The summed E-state index contributed by atoms with van der Waals surface area (Å²) < 4.78 is 13.8. The minimum Gasteiger partial charge on any atom is -0.205 e. The maximum absolute atomic E-state index is 13.8. The molecule has 0 heterocycles. The Balaban J connectivity index is 2.25. The van der Waals surface area contributed by atoms with E-state index in [-0.39, 0.29) is 10.8 Å². The summed E-state index contributed by atoms with van der Waals surface area (Å²) in [6, 6.07) is 5.08. The van der Waals surface area contributed by atoms with Crippen molar-refractivity contribution in [3.8, 4) is 0 Å². The molecule has 18 heavy (non-hydrogen) atoms. The monoisotopic (exact) mass is 286 g/mol. The van der Waals surface area contributed by atoms with Crippen molar-refractivity contribution in [3.05, 3.63) is 40.2 Å². The van der Waals surface area contributed by atoms with Crippen LogP contribution in [0.1, 0.15) is 37.7 Å². The summed E-state index contributed by atoms with van der Waals surface area (Å²) in [5.41, 5.74) is 1.68. The molecule has 0 radical (unpaired) electrons. The van der Waals surface area contributed by atoms with Crippen molar-refractivity contribution < 1.29 is 4.39 Å². The number of hydrogen-bond acceptors (Lipinski definition) is 0. The van der Waals surface area contributed by atoms with Crippen molar-refractivity contribution in [3.63, 3.8) is 0 Å². The zero-order valence-corrected chi connectivity index (χ0v) is 11.8. The molecule has 1 saturated carbocycles. The first-order valence-corrected chi connectivity index (χ1v) is 7.34. The summed E-state index contributed by atoms with van der Waals surface area (Å²) in [5.74, 6) is 0.628. The van der Waals surface area contributed by atoms with Crippen molar-refractivity contribution in [2.45, 2.75) is 32.1 Å². The van der Waals surface area contributed by atoms with E-state index in [9.17, 15) is 4.39 Å². The Morgan fingerprint density at radius 2 is 2.00 bits per heavy atom. The van der Waals surface area contributed by atoms with E-state index in [4.69, 9.17) is 23.2 Å². The molecule has 0 saturated heterocycles. The summed E-state index contributed by atoms with van der Waals surface area (Å²) in [5, 5.41) is 0.168. The van der Waals surface area contributed by atoms with E-state index >= 15 is 0 Å². The maximum atomic E-state index is 13.8. The molecule has 0 aliphatic heterocycles. The summed E-state index contributed by atoms with van der Waals surface area (Å²) in [7, 11) is 0. The molecule has 98 valence electrons. The highest BCUT2D eigenvalue weighted by molar-refractivity contribution is 6.30. The summed E-state index contributed by atoms with van der Waals surface area (Å²) in [6.45, 7) is 0. The van der Waals surface area contributed by atoms with Gasteiger partial charge in [0.25, 0.3) is 0 Å². The lowest BCUT2D eigenvalue weighted by molar-refractivity contribution is 0.405. The zero-order valence-electron chi connectivity index (χ0n) is 10.3. The molecule has 1 aromatic carbocycles. The first-order chi connectivity index (χ1) is 8.72. The predicted octanol–water partition coefficient (Wildman–Crippen LogP) is 5.68. The van der Waals surface area contributed by atoms with Crippen molar-refractivity contribution in [2.75, 3.05) is 5.88 Å². The van der Waals surface area contributed by atoms with E-state index in [2.05, 4.69) is 0 Å². The Morgan fingerprint density at radius 1 is 1.28 bits per heavy atom. The summed E-state index contributed by atoms with van der Waals surface area (Å²) in [6.07, 6.45) is 8.01. The molecule has 0 N–H and O–H groups in total. The highest BCUT2D eigenvalue weighted by Gasteiger charge is 2.17. The van der Waals surface area contributed by atoms with Crippen LogP contribution in [0.5, 0.6) is 0 Å². The van der Waals surface area contributed by atoms with Crippen molar-refractivity contribution >= 4 is 29.3 Å². The minimum atomic E-state index is -0.349. The van der Waals surface area contributed by atoms with Gasteiger partial charge in [0.2, 0.25) is 0 Å². The lowest BCUT2D eigenvalue weighted by atomic mass is 9.83. The van der Waals surface area contributed by atoms with Crippen LogP contribution in [0, 0.1) is 11.7 Å².